The molecule has 3 nitrogen and oxygen atoms in total. The molecule has 0 radical (unpaired) electrons. The zero-order valence-electron chi connectivity index (χ0n) is 22.9. The molecule has 198 valence electrons. The predicted molar refractivity (Wildman–Crippen MR) is 156 cm³/mol. The summed E-state index contributed by atoms with van der Waals surface area (Å²) in [7, 11) is 0. The third kappa shape index (κ3) is 5.88. The van der Waals surface area contributed by atoms with Gasteiger partial charge in [0.2, 0.25) is 0 Å². The highest BCUT2D eigenvalue weighted by Crippen LogP contribution is 2.47. The van der Waals surface area contributed by atoms with Gasteiger partial charge in [0.25, 0.3) is 0 Å². The third-order valence-corrected chi connectivity index (χ3v) is 7.52. The minimum absolute atomic E-state index is 0.274. The summed E-state index contributed by atoms with van der Waals surface area (Å²) in [4.78, 5) is 0. The fraction of sp³-hybridized carbons (Fsp3) is 0.314. The maximum absolute atomic E-state index is 10.4. The van der Waals surface area contributed by atoms with E-state index >= 15 is 0 Å². The molecule has 38 heavy (non-hydrogen) atoms. The van der Waals surface area contributed by atoms with Crippen molar-refractivity contribution >= 4 is 0 Å². The molecule has 0 spiro atoms. The lowest BCUT2D eigenvalue weighted by Crippen LogP contribution is -2.31. The molecule has 2 N–H and O–H groups in total. The van der Waals surface area contributed by atoms with Crippen molar-refractivity contribution in [1.29, 1.82) is 0 Å². The average molecular weight is 509 g/mol. The Morgan fingerprint density at radius 1 is 0.579 bits per heavy atom. The van der Waals surface area contributed by atoms with Gasteiger partial charge in [-0.15, -0.1) is 0 Å². The summed E-state index contributed by atoms with van der Waals surface area (Å²) in [5.74, 6) is 1.42. The SMILES string of the molecule is CCCCCCCCOc1ccc(C(c2ccccc2)(c2ccc(O)c(C)c2)c2ccc(O)c(C)c2)cc1. The molecule has 0 saturated heterocycles. The summed E-state index contributed by atoms with van der Waals surface area (Å²) in [6.45, 7) is 6.82. The summed E-state index contributed by atoms with van der Waals surface area (Å²) in [5.41, 5.74) is 5.27. The molecule has 3 heteroatoms. The highest BCUT2D eigenvalue weighted by atomic mass is 16.5. The van der Waals surface area contributed by atoms with Crippen LogP contribution < -0.4 is 4.74 Å². The minimum atomic E-state index is -0.657. The Kier molecular flexibility index (Phi) is 9.12. The monoisotopic (exact) mass is 508 g/mol. The first-order chi connectivity index (χ1) is 18.5. The molecule has 0 saturated carbocycles. The normalized spacial score (nSPS) is 11.4. The molecule has 0 heterocycles. The van der Waals surface area contributed by atoms with Crippen LogP contribution in [0.25, 0.3) is 0 Å². The molecule has 0 fully saturated rings. The smallest absolute Gasteiger partial charge is 0.119 e. The van der Waals surface area contributed by atoms with Crippen LogP contribution in [0.5, 0.6) is 17.2 Å². The van der Waals surface area contributed by atoms with Gasteiger partial charge in [0.1, 0.15) is 17.2 Å². The van der Waals surface area contributed by atoms with E-state index in [1.807, 2.05) is 32.0 Å². The van der Waals surface area contributed by atoms with E-state index in [1.165, 1.54) is 32.1 Å². The van der Waals surface area contributed by atoms with Crippen molar-refractivity contribution in [2.24, 2.45) is 0 Å². The summed E-state index contributed by atoms with van der Waals surface area (Å²) in [5, 5.41) is 20.7. The number of phenols is 2. The van der Waals surface area contributed by atoms with E-state index in [1.54, 1.807) is 12.1 Å². The number of unbranched alkanes of at least 4 members (excludes halogenated alkanes) is 5. The lowest BCUT2D eigenvalue weighted by molar-refractivity contribution is 0.304. The van der Waals surface area contributed by atoms with Crippen LogP contribution in [0.4, 0.5) is 0 Å². The highest BCUT2D eigenvalue weighted by molar-refractivity contribution is 5.62. The molecule has 0 bridgehead atoms. The number of phenolic OH excluding ortho intramolecular Hbond substituents is 2. The zero-order chi connectivity index (χ0) is 27.0. The molecule has 4 rings (SSSR count). The van der Waals surface area contributed by atoms with Gasteiger partial charge in [-0.2, -0.15) is 0 Å². The van der Waals surface area contributed by atoms with E-state index in [0.717, 1.165) is 52.2 Å². The molecule has 0 aliphatic heterocycles. The number of benzene rings is 4. The first-order valence-corrected chi connectivity index (χ1v) is 13.9. The summed E-state index contributed by atoms with van der Waals surface area (Å²) < 4.78 is 6.10. The van der Waals surface area contributed by atoms with E-state index in [-0.39, 0.29) is 11.5 Å². The van der Waals surface area contributed by atoms with Crippen molar-refractivity contribution in [2.75, 3.05) is 6.61 Å². The molecule has 4 aromatic rings. The Balaban J connectivity index is 1.76. The zero-order valence-corrected chi connectivity index (χ0v) is 22.9. The van der Waals surface area contributed by atoms with Crippen molar-refractivity contribution in [3.05, 3.63) is 124 Å². The van der Waals surface area contributed by atoms with Crippen molar-refractivity contribution in [3.63, 3.8) is 0 Å². The van der Waals surface area contributed by atoms with E-state index in [4.69, 9.17) is 4.74 Å². The van der Waals surface area contributed by atoms with Crippen molar-refractivity contribution in [1.82, 2.24) is 0 Å². The standard InChI is InChI=1S/C35H40O3/c1-4-5-6-7-8-12-23-38-32-19-15-29(16-20-32)35(28-13-10-9-11-14-28,30-17-21-33(36)26(2)24-30)31-18-22-34(37)27(3)25-31/h9-11,13-22,24-25,36-37H,4-8,12,23H2,1-3H3. The second-order valence-electron chi connectivity index (χ2n) is 10.3. The van der Waals surface area contributed by atoms with Crippen LogP contribution in [0.3, 0.4) is 0 Å². The summed E-state index contributed by atoms with van der Waals surface area (Å²) >= 11 is 0. The molecular weight excluding hydrogens is 468 g/mol. The molecule has 0 amide bonds. The van der Waals surface area contributed by atoms with Gasteiger partial charge >= 0.3 is 0 Å². The number of aryl methyl sites for hydroxylation is 2. The quantitative estimate of drug-likeness (QED) is 0.148. The Labute approximate surface area is 227 Å². The first-order valence-electron chi connectivity index (χ1n) is 13.9. The fourth-order valence-corrected chi connectivity index (χ4v) is 5.34. The highest BCUT2D eigenvalue weighted by Gasteiger charge is 2.39. The topological polar surface area (TPSA) is 49.7 Å². The van der Waals surface area contributed by atoms with Crippen LogP contribution in [-0.2, 0) is 5.41 Å². The van der Waals surface area contributed by atoms with Crippen molar-refractivity contribution < 1.29 is 14.9 Å². The average Bonchev–Trinajstić information content (AvgIpc) is 2.94. The lowest BCUT2D eigenvalue weighted by Gasteiger charge is -2.37. The Hall–Kier alpha value is -3.72. The number of rotatable bonds is 12. The third-order valence-electron chi connectivity index (χ3n) is 7.52. The molecule has 0 aliphatic rings. The second kappa shape index (κ2) is 12.7. The van der Waals surface area contributed by atoms with Crippen LogP contribution in [0.1, 0.15) is 78.8 Å². The van der Waals surface area contributed by atoms with Gasteiger partial charge < -0.3 is 14.9 Å². The Morgan fingerprint density at radius 2 is 1.08 bits per heavy atom. The maximum atomic E-state index is 10.4. The lowest BCUT2D eigenvalue weighted by atomic mass is 9.64. The van der Waals surface area contributed by atoms with Crippen LogP contribution in [-0.4, -0.2) is 16.8 Å². The predicted octanol–water partition coefficient (Wildman–Crippen LogP) is 8.84. The van der Waals surface area contributed by atoms with E-state index in [9.17, 15) is 10.2 Å². The van der Waals surface area contributed by atoms with Crippen molar-refractivity contribution in [3.8, 4) is 17.2 Å². The minimum Gasteiger partial charge on any atom is -0.508 e. The molecule has 0 aliphatic carbocycles. The van der Waals surface area contributed by atoms with Crippen LogP contribution >= 0.6 is 0 Å². The van der Waals surface area contributed by atoms with Crippen LogP contribution in [0, 0.1) is 13.8 Å². The van der Waals surface area contributed by atoms with E-state index in [0.29, 0.717) is 0 Å². The first kappa shape index (κ1) is 27.3. The number of hydrogen-bond acceptors (Lipinski definition) is 3. The number of aromatic hydroxyl groups is 2. The number of hydrogen-bond donors (Lipinski definition) is 2. The largest absolute Gasteiger partial charge is 0.508 e. The molecular formula is C35H40O3. The molecule has 0 atom stereocenters. The molecule has 0 unspecified atom stereocenters. The Morgan fingerprint density at radius 3 is 1.63 bits per heavy atom. The van der Waals surface area contributed by atoms with Gasteiger partial charge in [0.15, 0.2) is 0 Å². The second-order valence-corrected chi connectivity index (χ2v) is 10.3. The summed E-state index contributed by atoms with van der Waals surface area (Å²) in [6, 6.07) is 30.5. The van der Waals surface area contributed by atoms with Crippen LogP contribution in [0.15, 0.2) is 91.0 Å². The van der Waals surface area contributed by atoms with Gasteiger partial charge in [-0.05, 0) is 77.9 Å². The van der Waals surface area contributed by atoms with Gasteiger partial charge in [-0.25, -0.2) is 0 Å². The van der Waals surface area contributed by atoms with Gasteiger partial charge in [-0.3, -0.25) is 0 Å². The molecule has 0 aromatic heterocycles. The van der Waals surface area contributed by atoms with Crippen LogP contribution in [0.2, 0.25) is 0 Å². The number of ether oxygens (including phenoxy) is 1. The fourth-order valence-electron chi connectivity index (χ4n) is 5.34. The summed E-state index contributed by atoms with van der Waals surface area (Å²) in [6.07, 6.45) is 7.43. The maximum Gasteiger partial charge on any atom is 0.119 e. The van der Waals surface area contributed by atoms with E-state index in [2.05, 4.69) is 67.6 Å². The van der Waals surface area contributed by atoms with Gasteiger partial charge in [0, 0.05) is 0 Å². The Bertz CT molecular complexity index is 1260. The van der Waals surface area contributed by atoms with Gasteiger partial charge in [-0.1, -0.05) is 106 Å². The van der Waals surface area contributed by atoms with Crippen molar-refractivity contribution in [2.45, 2.75) is 64.7 Å². The van der Waals surface area contributed by atoms with E-state index < -0.39 is 5.41 Å². The van der Waals surface area contributed by atoms with Gasteiger partial charge in [0.05, 0.1) is 12.0 Å². The molecule has 4 aromatic carbocycles.